The number of fused-ring (bicyclic) bond motifs is 2. The highest BCUT2D eigenvalue weighted by atomic mass is 19.4. The first-order chi connectivity index (χ1) is 12.8. The van der Waals surface area contributed by atoms with Crippen LogP contribution in [0.2, 0.25) is 0 Å². The van der Waals surface area contributed by atoms with Crippen LogP contribution in [0, 0.1) is 0 Å². The molecule has 27 heavy (non-hydrogen) atoms. The van der Waals surface area contributed by atoms with Crippen molar-refractivity contribution in [1.82, 2.24) is 20.4 Å². The fourth-order valence-electron chi connectivity index (χ4n) is 3.93. The molecule has 0 spiro atoms. The zero-order chi connectivity index (χ0) is 19.2. The highest BCUT2D eigenvalue weighted by Gasteiger charge is 2.39. The fraction of sp³-hybridized carbons (Fsp3) is 0.500. The summed E-state index contributed by atoms with van der Waals surface area (Å²) in [6.07, 6.45) is -0.483. The summed E-state index contributed by atoms with van der Waals surface area (Å²) in [7, 11) is 1.81. The number of piperidine rings is 1. The molecule has 1 unspecified atom stereocenters. The Bertz CT molecular complexity index is 822. The van der Waals surface area contributed by atoms with Crippen LogP contribution >= 0.6 is 0 Å². The number of aromatic nitrogens is 2. The Morgan fingerprint density at radius 3 is 2.37 bits per heavy atom. The Balaban J connectivity index is 1.47. The number of carbonyl (C=O) groups excluding carboxylic acids is 1. The van der Waals surface area contributed by atoms with E-state index in [0.717, 1.165) is 25.7 Å². The third kappa shape index (κ3) is 3.55. The maximum absolute atomic E-state index is 12.8. The van der Waals surface area contributed by atoms with Crippen LogP contribution in [0.1, 0.15) is 41.9 Å². The Morgan fingerprint density at radius 1 is 1.19 bits per heavy atom. The molecule has 144 valence electrons. The van der Waals surface area contributed by atoms with E-state index in [1.54, 1.807) is 24.1 Å². The first kappa shape index (κ1) is 18.0. The molecule has 2 fully saturated rings. The highest BCUT2D eigenvalue weighted by molar-refractivity contribution is 5.94. The number of benzene rings is 1. The molecule has 1 aromatic heterocycles. The molecule has 0 aliphatic carbocycles. The minimum atomic E-state index is -4.68. The van der Waals surface area contributed by atoms with Crippen LogP contribution < -0.4 is 5.32 Å². The third-order valence-corrected chi connectivity index (χ3v) is 5.37. The highest BCUT2D eigenvalue weighted by Crippen LogP contribution is 2.31. The summed E-state index contributed by atoms with van der Waals surface area (Å²) in [6, 6.07) is 7.36. The van der Waals surface area contributed by atoms with E-state index in [9.17, 15) is 18.0 Å². The Kier molecular flexibility index (Phi) is 4.41. The predicted molar refractivity (Wildman–Crippen MR) is 89.8 cm³/mol. The van der Waals surface area contributed by atoms with Crippen molar-refractivity contribution in [2.45, 2.75) is 50.0 Å². The van der Waals surface area contributed by atoms with Gasteiger partial charge in [0, 0.05) is 36.3 Å². The number of hydrogen-bond acceptors (Lipinski definition) is 5. The maximum Gasteiger partial charge on any atom is 0.471 e. The summed E-state index contributed by atoms with van der Waals surface area (Å²) in [5.74, 6) is -1.65. The normalized spacial score (nSPS) is 24.8. The number of nitrogens with one attached hydrogen (secondary N) is 1. The van der Waals surface area contributed by atoms with E-state index in [2.05, 4.69) is 20.0 Å². The van der Waals surface area contributed by atoms with Crippen LogP contribution in [0.3, 0.4) is 0 Å². The summed E-state index contributed by atoms with van der Waals surface area (Å²) in [4.78, 5) is 17.9. The van der Waals surface area contributed by atoms with Crippen molar-refractivity contribution in [3.05, 3.63) is 35.7 Å². The van der Waals surface area contributed by atoms with Crippen molar-refractivity contribution in [1.29, 1.82) is 0 Å². The molecule has 1 aromatic carbocycles. The number of amides is 1. The van der Waals surface area contributed by atoms with Gasteiger partial charge in [0.1, 0.15) is 0 Å². The number of carbonyl (C=O) groups is 1. The molecular weight excluding hydrogens is 361 g/mol. The molecule has 0 saturated carbocycles. The topological polar surface area (TPSA) is 71.3 Å². The molecule has 3 atom stereocenters. The van der Waals surface area contributed by atoms with Crippen molar-refractivity contribution >= 4 is 5.91 Å². The van der Waals surface area contributed by atoms with Gasteiger partial charge in [-0.15, -0.1) is 0 Å². The Morgan fingerprint density at radius 2 is 1.81 bits per heavy atom. The average Bonchev–Trinajstić information content (AvgIpc) is 3.27. The minimum Gasteiger partial charge on any atom is -0.339 e. The standard InChI is InChI=1S/C18H19F3N4O2/c1-25(14-8-12-6-7-13(9-14)22-12)16(26)11-4-2-10(3-5-11)15-23-17(27-24-15)18(19,20)21/h2-5,12-14,22H,6-9H2,1H3/t12-,13+,14?. The van der Waals surface area contributed by atoms with Gasteiger partial charge in [0.25, 0.3) is 5.91 Å². The van der Waals surface area contributed by atoms with Gasteiger partial charge in [0.2, 0.25) is 5.82 Å². The fourth-order valence-corrected chi connectivity index (χ4v) is 3.93. The van der Waals surface area contributed by atoms with E-state index in [1.807, 2.05) is 0 Å². The largest absolute Gasteiger partial charge is 0.471 e. The number of rotatable bonds is 3. The van der Waals surface area contributed by atoms with Crippen LogP contribution in [-0.4, -0.2) is 46.1 Å². The second-order valence-electron chi connectivity index (χ2n) is 7.18. The van der Waals surface area contributed by atoms with Gasteiger partial charge in [-0.05, 0) is 37.8 Å². The third-order valence-electron chi connectivity index (χ3n) is 5.37. The molecule has 9 heteroatoms. The lowest BCUT2D eigenvalue weighted by atomic mass is 9.98. The second-order valence-corrected chi connectivity index (χ2v) is 7.18. The molecule has 2 saturated heterocycles. The molecule has 2 aromatic rings. The van der Waals surface area contributed by atoms with Crippen molar-refractivity contribution in [2.75, 3.05) is 7.05 Å². The van der Waals surface area contributed by atoms with Gasteiger partial charge in [-0.1, -0.05) is 17.3 Å². The minimum absolute atomic E-state index is 0.100. The van der Waals surface area contributed by atoms with Crippen molar-refractivity contribution in [2.24, 2.45) is 0 Å². The molecule has 2 aliphatic heterocycles. The summed E-state index contributed by atoms with van der Waals surface area (Å²) < 4.78 is 41.9. The van der Waals surface area contributed by atoms with E-state index in [1.165, 1.54) is 12.1 Å². The Hall–Kier alpha value is -2.42. The molecule has 2 aliphatic rings. The molecule has 0 radical (unpaired) electrons. The summed E-state index contributed by atoms with van der Waals surface area (Å²) >= 11 is 0. The van der Waals surface area contributed by atoms with Crippen LogP contribution in [0.5, 0.6) is 0 Å². The van der Waals surface area contributed by atoms with Gasteiger partial charge in [-0.2, -0.15) is 18.2 Å². The van der Waals surface area contributed by atoms with Gasteiger partial charge in [-0.3, -0.25) is 4.79 Å². The van der Waals surface area contributed by atoms with Gasteiger partial charge in [0.05, 0.1) is 0 Å². The zero-order valence-electron chi connectivity index (χ0n) is 14.7. The maximum atomic E-state index is 12.8. The summed E-state index contributed by atoms with van der Waals surface area (Å²) in [5, 5.41) is 6.90. The van der Waals surface area contributed by atoms with E-state index >= 15 is 0 Å². The number of nitrogens with zero attached hydrogens (tertiary/aromatic N) is 3. The second kappa shape index (κ2) is 6.63. The first-order valence-electron chi connectivity index (χ1n) is 8.86. The Labute approximate surface area is 153 Å². The van der Waals surface area contributed by atoms with Gasteiger partial charge < -0.3 is 14.7 Å². The van der Waals surface area contributed by atoms with Crippen LogP contribution in [0.15, 0.2) is 28.8 Å². The lowest BCUT2D eigenvalue weighted by Gasteiger charge is -2.35. The van der Waals surface area contributed by atoms with Crippen LogP contribution in [-0.2, 0) is 6.18 Å². The molecule has 6 nitrogen and oxygen atoms in total. The molecule has 1 amide bonds. The van der Waals surface area contributed by atoms with Gasteiger partial charge >= 0.3 is 12.1 Å². The smallest absolute Gasteiger partial charge is 0.339 e. The average molecular weight is 380 g/mol. The van der Waals surface area contributed by atoms with E-state index in [-0.39, 0.29) is 17.8 Å². The van der Waals surface area contributed by atoms with E-state index in [0.29, 0.717) is 23.2 Å². The quantitative estimate of drug-likeness (QED) is 0.886. The van der Waals surface area contributed by atoms with E-state index < -0.39 is 12.1 Å². The number of alkyl halides is 3. The lowest BCUT2D eigenvalue weighted by molar-refractivity contribution is -0.159. The van der Waals surface area contributed by atoms with Gasteiger partial charge in [-0.25, -0.2) is 0 Å². The first-order valence-corrected chi connectivity index (χ1v) is 8.86. The van der Waals surface area contributed by atoms with Crippen molar-refractivity contribution in [3.8, 4) is 11.4 Å². The number of halogens is 3. The SMILES string of the molecule is CN(C(=O)c1ccc(-c2noc(C(F)(F)F)n2)cc1)C1C[C@H]2CC[C@@H](C1)N2. The summed E-state index contributed by atoms with van der Waals surface area (Å²) in [5.41, 5.74) is 0.833. The molecule has 3 heterocycles. The van der Waals surface area contributed by atoms with Crippen molar-refractivity contribution < 1.29 is 22.5 Å². The van der Waals surface area contributed by atoms with E-state index in [4.69, 9.17) is 0 Å². The van der Waals surface area contributed by atoms with Crippen LogP contribution in [0.4, 0.5) is 13.2 Å². The molecule has 1 N–H and O–H groups in total. The molecular formula is C18H19F3N4O2. The monoisotopic (exact) mass is 380 g/mol. The number of hydrogen-bond donors (Lipinski definition) is 1. The summed E-state index contributed by atoms with van der Waals surface area (Å²) in [6.45, 7) is 0. The predicted octanol–water partition coefficient (Wildman–Crippen LogP) is 3.11. The molecule has 2 bridgehead atoms. The lowest BCUT2D eigenvalue weighted by Crippen LogP contribution is -2.48. The van der Waals surface area contributed by atoms with Gasteiger partial charge in [0.15, 0.2) is 0 Å². The zero-order valence-corrected chi connectivity index (χ0v) is 14.7. The van der Waals surface area contributed by atoms with Crippen LogP contribution in [0.25, 0.3) is 11.4 Å². The van der Waals surface area contributed by atoms with Crippen molar-refractivity contribution in [3.63, 3.8) is 0 Å². The molecule has 4 rings (SSSR count).